The molecule has 0 aromatic heterocycles. The van der Waals surface area contributed by atoms with Crippen molar-refractivity contribution in [2.24, 2.45) is 4.99 Å². The lowest BCUT2D eigenvalue weighted by atomic mass is 9.86. The van der Waals surface area contributed by atoms with Crippen LogP contribution >= 0.6 is 15.9 Å². The lowest BCUT2D eigenvalue weighted by Gasteiger charge is -2.39. The number of hydrogen-bond acceptors (Lipinski definition) is 5. The fraction of sp³-hybridized carbons (Fsp3) is 0.286. The number of hydrogen-bond donors (Lipinski definition) is 0. The van der Waals surface area contributed by atoms with Crippen LogP contribution in [0.4, 0.5) is 15.8 Å². The molecular weight excluding hydrogens is 511 g/mol. The second-order valence-electron chi connectivity index (χ2n) is 9.42. The van der Waals surface area contributed by atoms with Gasteiger partial charge in [-0.15, -0.1) is 0 Å². The molecule has 1 heterocycles. The summed E-state index contributed by atoms with van der Waals surface area (Å²) in [5, 5.41) is 0. The standard InChI is InChI=1S/C28H28BrFN2O3/c1-28(2,3)18-11-14-24(34-4)23(15-18)32-22(16-25(33)35-5)20-7-6-8-21(30)26(20)31-27(32)17-9-12-19(29)13-10-17/h6-15,22H,16H2,1-5H3. The molecule has 0 spiro atoms. The Hall–Kier alpha value is -3.19. The summed E-state index contributed by atoms with van der Waals surface area (Å²) >= 11 is 3.48. The molecule has 3 aromatic rings. The van der Waals surface area contributed by atoms with Crippen LogP contribution in [-0.2, 0) is 14.9 Å². The van der Waals surface area contributed by atoms with Gasteiger partial charge in [0, 0.05) is 15.6 Å². The minimum Gasteiger partial charge on any atom is -0.495 e. The Morgan fingerprint density at radius 2 is 1.80 bits per heavy atom. The number of amidine groups is 1. The van der Waals surface area contributed by atoms with Gasteiger partial charge in [-0.25, -0.2) is 9.38 Å². The Kier molecular flexibility index (Phi) is 6.99. The van der Waals surface area contributed by atoms with Gasteiger partial charge in [0.2, 0.25) is 0 Å². The monoisotopic (exact) mass is 538 g/mol. The van der Waals surface area contributed by atoms with Crippen LogP contribution in [0.25, 0.3) is 0 Å². The summed E-state index contributed by atoms with van der Waals surface area (Å²) in [4.78, 5) is 19.4. The number of methoxy groups -OCH3 is 2. The van der Waals surface area contributed by atoms with Gasteiger partial charge in [-0.05, 0) is 41.3 Å². The average molecular weight is 539 g/mol. The lowest BCUT2D eigenvalue weighted by molar-refractivity contribution is -0.141. The van der Waals surface area contributed by atoms with Gasteiger partial charge in [-0.1, -0.05) is 67.0 Å². The van der Waals surface area contributed by atoms with E-state index in [2.05, 4.69) is 42.8 Å². The van der Waals surface area contributed by atoms with E-state index in [0.29, 0.717) is 17.1 Å². The molecule has 0 bridgehead atoms. The van der Waals surface area contributed by atoms with Gasteiger partial charge in [0.25, 0.3) is 0 Å². The van der Waals surface area contributed by atoms with Crippen molar-refractivity contribution in [1.29, 1.82) is 0 Å². The molecule has 5 nitrogen and oxygen atoms in total. The normalized spacial score (nSPS) is 15.3. The van der Waals surface area contributed by atoms with E-state index in [9.17, 15) is 4.79 Å². The number of rotatable bonds is 5. The van der Waals surface area contributed by atoms with Crippen molar-refractivity contribution in [2.75, 3.05) is 19.1 Å². The van der Waals surface area contributed by atoms with Crippen LogP contribution in [0.3, 0.4) is 0 Å². The Morgan fingerprint density at radius 3 is 2.43 bits per heavy atom. The fourth-order valence-corrected chi connectivity index (χ4v) is 4.50. The first-order chi connectivity index (χ1) is 16.6. The lowest BCUT2D eigenvalue weighted by Crippen LogP contribution is -2.39. The molecule has 0 aliphatic carbocycles. The summed E-state index contributed by atoms with van der Waals surface area (Å²) in [7, 11) is 2.96. The zero-order valence-electron chi connectivity index (χ0n) is 20.4. The Morgan fingerprint density at radius 1 is 1.09 bits per heavy atom. The smallest absolute Gasteiger partial charge is 0.307 e. The second-order valence-corrected chi connectivity index (χ2v) is 10.3. The number of ether oxygens (including phenoxy) is 2. The number of para-hydroxylation sites is 1. The van der Waals surface area contributed by atoms with Crippen LogP contribution in [0.2, 0.25) is 0 Å². The van der Waals surface area contributed by atoms with Crippen molar-refractivity contribution in [3.63, 3.8) is 0 Å². The molecule has 7 heteroatoms. The summed E-state index contributed by atoms with van der Waals surface area (Å²) in [6, 6.07) is 17.9. The van der Waals surface area contributed by atoms with E-state index in [1.165, 1.54) is 13.2 Å². The molecular formula is C28H28BrFN2O3. The van der Waals surface area contributed by atoms with Crippen molar-refractivity contribution in [1.82, 2.24) is 0 Å². The predicted molar refractivity (Wildman–Crippen MR) is 140 cm³/mol. The minimum absolute atomic E-state index is 0.00536. The molecule has 1 atom stereocenters. The highest BCUT2D eigenvalue weighted by Crippen LogP contribution is 2.46. The summed E-state index contributed by atoms with van der Waals surface area (Å²) in [5.74, 6) is 0.297. The maximum atomic E-state index is 15.0. The SMILES string of the molecule is COC(=O)CC1c2cccc(F)c2N=C(c2ccc(Br)cc2)N1c1cc(C(C)(C)C)ccc1OC. The molecule has 4 rings (SSSR count). The molecule has 0 fully saturated rings. The van der Waals surface area contributed by atoms with Crippen molar-refractivity contribution in [2.45, 2.75) is 38.6 Å². The predicted octanol–water partition coefficient (Wildman–Crippen LogP) is 7.10. The Labute approximate surface area is 213 Å². The number of aliphatic imine (C=N–C) groups is 1. The number of carbonyl (C=O) groups excluding carboxylic acids is 1. The molecule has 1 aliphatic heterocycles. The van der Waals surface area contributed by atoms with E-state index in [0.717, 1.165) is 21.3 Å². The first-order valence-electron chi connectivity index (χ1n) is 11.3. The molecule has 0 N–H and O–H groups in total. The number of esters is 1. The summed E-state index contributed by atoms with van der Waals surface area (Å²) < 4.78 is 26.8. The summed E-state index contributed by atoms with van der Waals surface area (Å²) in [5.41, 5.74) is 3.31. The zero-order valence-corrected chi connectivity index (χ0v) is 22.0. The van der Waals surface area contributed by atoms with Crippen LogP contribution in [0.15, 0.2) is 70.1 Å². The molecule has 182 valence electrons. The maximum absolute atomic E-state index is 15.0. The first kappa shape index (κ1) is 24.9. The highest BCUT2D eigenvalue weighted by molar-refractivity contribution is 9.10. The molecule has 0 radical (unpaired) electrons. The van der Waals surface area contributed by atoms with E-state index in [1.54, 1.807) is 19.2 Å². The molecule has 3 aromatic carbocycles. The number of benzene rings is 3. The van der Waals surface area contributed by atoms with Crippen LogP contribution in [0.1, 0.15) is 49.9 Å². The van der Waals surface area contributed by atoms with Gasteiger partial charge < -0.3 is 14.4 Å². The van der Waals surface area contributed by atoms with Crippen molar-refractivity contribution in [3.05, 3.63) is 87.6 Å². The molecule has 0 saturated heterocycles. The first-order valence-corrected chi connectivity index (χ1v) is 12.1. The topological polar surface area (TPSA) is 51.1 Å². The number of anilines is 1. The third kappa shape index (κ3) is 4.96. The third-order valence-corrected chi connectivity index (χ3v) is 6.66. The molecule has 1 unspecified atom stereocenters. The highest BCUT2D eigenvalue weighted by atomic mass is 79.9. The van der Waals surface area contributed by atoms with E-state index in [4.69, 9.17) is 14.5 Å². The van der Waals surface area contributed by atoms with Gasteiger partial charge in [0.05, 0.1) is 32.4 Å². The fourth-order valence-electron chi connectivity index (χ4n) is 4.24. The van der Waals surface area contributed by atoms with Crippen molar-refractivity contribution < 1.29 is 18.7 Å². The van der Waals surface area contributed by atoms with Crippen LogP contribution < -0.4 is 9.64 Å². The van der Waals surface area contributed by atoms with Gasteiger partial charge in [-0.2, -0.15) is 0 Å². The maximum Gasteiger partial charge on any atom is 0.307 e. The number of halogens is 2. The summed E-state index contributed by atoms with van der Waals surface area (Å²) in [6.45, 7) is 6.40. The zero-order chi connectivity index (χ0) is 25.3. The van der Waals surface area contributed by atoms with Crippen molar-refractivity contribution in [3.8, 4) is 5.75 Å². The van der Waals surface area contributed by atoms with E-state index in [1.807, 2.05) is 41.3 Å². The number of fused-ring (bicyclic) bond motifs is 1. The van der Waals surface area contributed by atoms with E-state index >= 15 is 4.39 Å². The molecule has 35 heavy (non-hydrogen) atoms. The Bertz CT molecular complexity index is 1280. The van der Waals surface area contributed by atoms with Gasteiger partial charge in [0.1, 0.15) is 23.1 Å². The van der Waals surface area contributed by atoms with Crippen molar-refractivity contribution >= 4 is 39.1 Å². The Balaban J connectivity index is 2.04. The molecule has 1 aliphatic rings. The van der Waals surface area contributed by atoms with Gasteiger partial charge in [-0.3, -0.25) is 4.79 Å². The van der Waals surface area contributed by atoms with Crippen LogP contribution in [-0.4, -0.2) is 26.0 Å². The van der Waals surface area contributed by atoms with E-state index < -0.39 is 17.8 Å². The third-order valence-electron chi connectivity index (χ3n) is 6.13. The minimum atomic E-state index is -0.562. The molecule has 0 amide bonds. The molecule has 0 saturated carbocycles. The number of carbonyl (C=O) groups is 1. The van der Waals surface area contributed by atoms with Crippen LogP contribution in [0, 0.1) is 5.82 Å². The van der Waals surface area contributed by atoms with Crippen LogP contribution in [0.5, 0.6) is 5.75 Å². The van der Waals surface area contributed by atoms with Gasteiger partial charge in [0.15, 0.2) is 0 Å². The summed E-state index contributed by atoms with van der Waals surface area (Å²) in [6.07, 6.45) is 0.00536. The quantitative estimate of drug-likeness (QED) is 0.325. The largest absolute Gasteiger partial charge is 0.495 e. The van der Waals surface area contributed by atoms with Gasteiger partial charge >= 0.3 is 5.97 Å². The number of nitrogens with zero attached hydrogens (tertiary/aromatic N) is 2. The second kappa shape index (κ2) is 9.82. The van der Waals surface area contributed by atoms with E-state index in [-0.39, 0.29) is 17.5 Å². The average Bonchev–Trinajstić information content (AvgIpc) is 2.83. The highest BCUT2D eigenvalue weighted by Gasteiger charge is 2.37.